The van der Waals surface area contributed by atoms with Gasteiger partial charge in [0, 0.05) is 0 Å². The van der Waals surface area contributed by atoms with Crippen LogP contribution in [0, 0.1) is 0 Å². The maximum absolute atomic E-state index is 10.5. The van der Waals surface area contributed by atoms with Crippen molar-refractivity contribution in [2.24, 2.45) is 0 Å². The highest BCUT2D eigenvalue weighted by Crippen LogP contribution is 2.08. The molecule has 2 aromatic rings. The van der Waals surface area contributed by atoms with Crippen LogP contribution in [0.1, 0.15) is 5.56 Å². The number of carbonyl (C=O) groups is 1. The number of hydrogen-bond donors (Lipinski definition) is 1. The molecule has 1 aromatic heterocycles. The van der Waals surface area contributed by atoms with Gasteiger partial charge in [-0.2, -0.15) is 5.10 Å². The second kappa shape index (κ2) is 3.91. The lowest BCUT2D eigenvalue weighted by atomic mass is 10.1. The van der Waals surface area contributed by atoms with E-state index in [4.69, 9.17) is 5.11 Å². The van der Waals surface area contributed by atoms with Crippen LogP contribution in [0.5, 0.6) is 0 Å². The van der Waals surface area contributed by atoms with E-state index in [0.29, 0.717) is 0 Å². The fourth-order valence-electron chi connectivity index (χ4n) is 1.28. The molecule has 5 heteroatoms. The Bertz CT molecular complexity index is 448. The van der Waals surface area contributed by atoms with Crippen molar-refractivity contribution in [2.45, 2.75) is 6.42 Å². The van der Waals surface area contributed by atoms with Gasteiger partial charge in [0.2, 0.25) is 0 Å². The Balaban J connectivity index is 2.21. The van der Waals surface area contributed by atoms with E-state index in [1.165, 1.54) is 6.33 Å². The molecule has 0 bridgehead atoms. The zero-order valence-corrected chi connectivity index (χ0v) is 7.87. The van der Waals surface area contributed by atoms with E-state index in [1.807, 2.05) is 12.1 Å². The van der Waals surface area contributed by atoms with Crippen molar-refractivity contribution >= 4 is 5.97 Å². The van der Waals surface area contributed by atoms with E-state index < -0.39 is 5.97 Å². The van der Waals surface area contributed by atoms with E-state index in [1.54, 1.807) is 23.1 Å². The van der Waals surface area contributed by atoms with Crippen molar-refractivity contribution < 1.29 is 9.90 Å². The van der Waals surface area contributed by atoms with Crippen molar-refractivity contribution in [2.75, 3.05) is 0 Å². The molecule has 0 unspecified atom stereocenters. The Labute approximate surface area is 86.0 Å². The minimum atomic E-state index is -0.830. The summed E-state index contributed by atoms with van der Waals surface area (Å²) in [4.78, 5) is 14.3. The summed E-state index contributed by atoms with van der Waals surface area (Å²) in [6, 6.07) is 7.16. The van der Waals surface area contributed by atoms with Crippen LogP contribution in [-0.2, 0) is 11.2 Å². The van der Waals surface area contributed by atoms with Crippen LogP contribution in [0.2, 0.25) is 0 Å². The number of rotatable bonds is 3. The molecule has 0 fully saturated rings. The fraction of sp³-hybridized carbons (Fsp3) is 0.100. The molecule has 0 amide bonds. The Morgan fingerprint density at radius 1 is 1.33 bits per heavy atom. The molecule has 15 heavy (non-hydrogen) atoms. The molecule has 1 N–H and O–H groups in total. The number of hydrogen-bond acceptors (Lipinski definition) is 3. The Hall–Kier alpha value is -2.17. The summed E-state index contributed by atoms with van der Waals surface area (Å²) in [6.07, 6.45) is 3.08. The SMILES string of the molecule is O=C(O)Cc1ccc(-n2cncn2)cc1. The highest BCUT2D eigenvalue weighted by Gasteiger charge is 2.01. The fourth-order valence-corrected chi connectivity index (χ4v) is 1.28. The molecule has 0 spiro atoms. The summed E-state index contributed by atoms with van der Waals surface area (Å²) in [5, 5.41) is 12.6. The molecule has 0 atom stereocenters. The monoisotopic (exact) mass is 203 g/mol. The van der Waals surface area contributed by atoms with Crippen LogP contribution < -0.4 is 0 Å². The molecule has 76 valence electrons. The highest BCUT2D eigenvalue weighted by molar-refractivity contribution is 5.70. The number of aliphatic carboxylic acids is 1. The van der Waals surface area contributed by atoms with Crippen LogP contribution >= 0.6 is 0 Å². The second-order valence-corrected chi connectivity index (χ2v) is 3.08. The van der Waals surface area contributed by atoms with Crippen LogP contribution in [0.4, 0.5) is 0 Å². The Morgan fingerprint density at radius 2 is 2.07 bits per heavy atom. The van der Waals surface area contributed by atoms with Gasteiger partial charge < -0.3 is 5.11 Å². The summed E-state index contributed by atoms with van der Waals surface area (Å²) in [7, 11) is 0. The Morgan fingerprint density at radius 3 is 2.60 bits per heavy atom. The van der Waals surface area contributed by atoms with Crippen molar-refractivity contribution in [3.8, 4) is 5.69 Å². The molecule has 2 rings (SSSR count). The molecule has 1 aromatic carbocycles. The van der Waals surface area contributed by atoms with Gasteiger partial charge in [-0.3, -0.25) is 4.79 Å². The maximum atomic E-state index is 10.5. The van der Waals surface area contributed by atoms with Gasteiger partial charge in [-0.15, -0.1) is 0 Å². The van der Waals surface area contributed by atoms with Crippen molar-refractivity contribution in [1.29, 1.82) is 0 Å². The quantitative estimate of drug-likeness (QED) is 0.804. The average Bonchev–Trinajstić information content (AvgIpc) is 2.71. The molecule has 0 saturated heterocycles. The number of carboxylic acids is 1. The third-order valence-corrected chi connectivity index (χ3v) is 1.97. The highest BCUT2D eigenvalue weighted by atomic mass is 16.4. The third kappa shape index (κ3) is 2.19. The van der Waals surface area contributed by atoms with Crippen LogP contribution in [0.25, 0.3) is 5.69 Å². The van der Waals surface area contributed by atoms with Crippen LogP contribution in [-0.4, -0.2) is 25.8 Å². The van der Waals surface area contributed by atoms with Gasteiger partial charge in [0.05, 0.1) is 12.1 Å². The predicted molar refractivity (Wildman–Crippen MR) is 52.7 cm³/mol. The van der Waals surface area contributed by atoms with E-state index in [0.717, 1.165) is 11.3 Å². The van der Waals surface area contributed by atoms with Crippen LogP contribution in [0.15, 0.2) is 36.9 Å². The zero-order valence-electron chi connectivity index (χ0n) is 7.87. The Kier molecular flexibility index (Phi) is 2.45. The number of carboxylic acid groups (broad SMARTS) is 1. The van der Waals surface area contributed by atoms with Gasteiger partial charge >= 0.3 is 5.97 Å². The molecular formula is C10H9N3O2. The van der Waals surface area contributed by atoms with Crippen molar-refractivity contribution in [3.63, 3.8) is 0 Å². The largest absolute Gasteiger partial charge is 0.481 e. The smallest absolute Gasteiger partial charge is 0.307 e. The first-order valence-corrected chi connectivity index (χ1v) is 4.41. The van der Waals surface area contributed by atoms with E-state index >= 15 is 0 Å². The molecule has 5 nitrogen and oxygen atoms in total. The van der Waals surface area contributed by atoms with Crippen molar-refractivity contribution in [3.05, 3.63) is 42.5 Å². The summed E-state index contributed by atoms with van der Waals surface area (Å²) in [6.45, 7) is 0. The van der Waals surface area contributed by atoms with Gasteiger partial charge in [0.25, 0.3) is 0 Å². The molecule has 0 radical (unpaired) electrons. The van der Waals surface area contributed by atoms with Crippen LogP contribution in [0.3, 0.4) is 0 Å². The topological polar surface area (TPSA) is 68.0 Å². The normalized spacial score (nSPS) is 10.1. The van der Waals surface area contributed by atoms with Gasteiger partial charge in [-0.05, 0) is 17.7 Å². The molecular weight excluding hydrogens is 194 g/mol. The predicted octanol–water partition coefficient (Wildman–Crippen LogP) is 0.894. The summed E-state index contributed by atoms with van der Waals surface area (Å²) < 4.78 is 1.62. The first-order valence-electron chi connectivity index (χ1n) is 4.41. The van der Waals surface area contributed by atoms with Gasteiger partial charge in [0.15, 0.2) is 0 Å². The lowest BCUT2D eigenvalue weighted by Crippen LogP contribution is -2.00. The second-order valence-electron chi connectivity index (χ2n) is 3.08. The van der Waals surface area contributed by atoms with Gasteiger partial charge in [-0.1, -0.05) is 12.1 Å². The maximum Gasteiger partial charge on any atom is 0.307 e. The minimum Gasteiger partial charge on any atom is -0.481 e. The molecule has 0 aliphatic heterocycles. The van der Waals surface area contributed by atoms with E-state index in [9.17, 15) is 4.79 Å². The first kappa shape index (κ1) is 9.39. The molecule has 0 aliphatic carbocycles. The van der Waals surface area contributed by atoms with Crippen molar-refractivity contribution in [1.82, 2.24) is 14.8 Å². The summed E-state index contributed by atoms with van der Waals surface area (Å²) in [5.41, 5.74) is 1.63. The van der Waals surface area contributed by atoms with Gasteiger partial charge in [0.1, 0.15) is 12.7 Å². The van der Waals surface area contributed by atoms with Gasteiger partial charge in [-0.25, -0.2) is 9.67 Å². The first-order chi connectivity index (χ1) is 7.25. The number of aromatic nitrogens is 3. The summed E-state index contributed by atoms with van der Waals surface area (Å²) >= 11 is 0. The third-order valence-electron chi connectivity index (χ3n) is 1.97. The standard InChI is InChI=1S/C10H9N3O2/c14-10(15)5-8-1-3-9(4-2-8)13-7-11-6-12-13/h1-4,6-7H,5H2,(H,14,15). The lowest BCUT2D eigenvalue weighted by Gasteiger charge is -2.01. The number of benzene rings is 1. The molecule has 1 heterocycles. The van der Waals surface area contributed by atoms with E-state index in [-0.39, 0.29) is 6.42 Å². The molecule has 0 saturated carbocycles. The number of nitrogens with zero attached hydrogens (tertiary/aromatic N) is 3. The van der Waals surface area contributed by atoms with E-state index in [2.05, 4.69) is 10.1 Å². The zero-order chi connectivity index (χ0) is 10.7. The summed E-state index contributed by atoms with van der Waals surface area (Å²) in [5.74, 6) is -0.830. The lowest BCUT2D eigenvalue weighted by molar-refractivity contribution is -0.136. The average molecular weight is 203 g/mol. The molecule has 0 aliphatic rings. The minimum absolute atomic E-state index is 0.0393.